The Hall–Kier alpha value is -3.98. The first kappa shape index (κ1) is 37.2. The van der Waals surface area contributed by atoms with E-state index in [4.69, 9.17) is 17.0 Å². The van der Waals surface area contributed by atoms with Crippen molar-refractivity contribution in [2.75, 3.05) is 10.7 Å². The number of hydrogen-bond donors (Lipinski definition) is 3. The third-order valence-corrected chi connectivity index (χ3v) is 7.90. The van der Waals surface area contributed by atoms with Crippen LogP contribution in [0, 0.1) is 22.7 Å². The average molecular weight is 639 g/mol. The van der Waals surface area contributed by atoms with E-state index in [1.165, 1.54) is 21.8 Å². The molecular formula is C35H48ClFN6O2. The molecule has 0 fully saturated rings. The Morgan fingerprint density at radius 3 is 2.56 bits per heavy atom. The van der Waals surface area contributed by atoms with Crippen LogP contribution in [0.25, 0.3) is 0 Å². The molecule has 1 aliphatic carbocycles. The van der Waals surface area contributed by atoms with Gasteiger partial charge in [0.1, 0.15) is 0 Å². The number of nitrogens with one attached hydrogen (secondary N) is 3. The van der Waals surface area contributed by atoms with E-state index >= 15 is 0 Å². The van der Waals surface area contributed by atoms with E-state index in [1.54, 1.807) is 50.3 Å². The summed E-state index contributed by atoms with van der Waals surface area (Å²) in [5.74, 6) is 1.06. The Kier molecular flexibility index (Phi) is 15.0. The number of hydrogen-bond acceptors (Lipinski definition) is 6. The lowest BCUT2D eigenvalue weighted by Crippen LogP contribution is -2.48. The largest absolute Gasteiger partial charge is 0.374 e. The molecule has 244 valence electrons. The average Bonchev–Trinajstić information content (AvgIpc) is 3.00. The van der Waals surface area contributed by atoms with Crippen LogP contribution in [0.4, 0.5) is 10.3 Å². The molecule has 0 aromatic carbocycles. The Bertz CT molecular complexity index is 1540. The van der Waals surface area contributed by atoms with E-state index in [-0.39, 0.29) is 12.5 Å². The summed E-state index contributed by atoms with van der Waals surface area (Å²) in [5.41, 5.74) is 4.86. The molecule has 0 aliphatic heterocycles. The van der Waals surface area contributed by atoms with Gasteiger partial charge < -0.3 is 10.7 Å². The molecule has 0 saturated heterocycles. The summed E-state index contributed by atoms with van der Waals surface area (Å²) in [5, 5.41) is 11.5. The first-order valence-corrected chi connectivity index (χ1v) is 15.9. The zero-order valence-corrected chi connectivity index (χ0v) is 28.3. The van der Waals surface area contributed by atoms with E-state index in [1.807, 2.05) is 25.2 Å². The highest BCUT2D eigenvalue weighted by Crippen LogP contribution is 2.26. The lowest BCUT2D eigenvalue weighted by molar-refractivity contribution is 0.408. The zero-order valence-electron chi connectivity index (χ0n) is 27.5. The minimum Gasteiger partial charge on any atom is -0.325 e. The molecule has 1 aliphatic rings. The van der Waals surface area contributed by atoms with Crippen LogP contribution in [0.1, 0.15) is 74.1 Å². The van der Waals surface area contributed by atoms with Gasteiger partial charge in [-0.15, -0.1) is 4.68 Å². The van der Waals surface area contributed by atoms with Crippen LogP contribution >= 0.6 is 11.6 Å². The van der Waals surface area contributed by atoms with E-state index in [0.717, 1.165) is 35.9 Å². The van der Waals surface area contributed by atoms with Crippen molar-refractivity contribution in [2.45, 2.75) is 80.7 Å². The van der Waals surface area contributed by atoms with E-state index in [9.17, 15) is 14.0 Å². The Labute approximate surface area is 271 Å². The van der Waals surface area contributed by atoms with Gasteiger partial charge in [-0.3, -0.25) is 9.99 Å². The molecule has 3 N–H and O–H groups in total. The maximum atomic E-state index is 13.9. The molecule has 0 radical (unpaired) electrons. The fraction of sp³-hybridized carbons (Fsp3) is 0.429. The molecule has 0 saturated carbocycles. The van der Waals surface area contributed by atoms with E-state index in [0.29, 0.717) is 35.3 Å². The number of allylic oxidation sites excluding steroid dienone is 12. The number of rotatable bonds is 16. The predicted molar refractivity (Wildman–Crippen MR) is 187 cm³/mol. The second-order valence-electron chi connectivity index (χ2n) is 11.8. The fourth-order valence-corrected chi connectivity index (χ4v) is 4.88. The van der Waals surface area contributed by atoms with Crippen LogP contribution in [0.5, 0.6) is 0 Å². The highest BCUT2D eigenvalue weighted by molar-refractivity contribution is 6.25. The van der Waals surface area contributed by atoms with Crippen molar-refractivity contribution in [1.29, 1.82) is 5.41 Å². The normalized spacial score (nSPS) is 18.2. The summed E-state index contributed by atoms with van der Waals surface area (Å²) >= 11 is 5.88. The van der Waals surface area contributed by atoms with Crippen LogP contribution in [0.2, 0.25) is 0 Å². The minimum atomic E-state index is -1.03. The van der Waals surface area contributed by atoms with Crippen molar-refractivity contribution in [1.82, 2.24) is 14.2 Å². The Morgan fingerprint density at radius 1 is 1.20 bits per heavy atom. The van der Waals surface area contributed by atoms with Crippen molar-refractivity contribution >= 4 is 23.3 Å². The van der Waals surface area contributed by atoms with Crippen molar-refractivity contribution in [3.63, 3.8) is 0 Å². The molecule has 8 nitrogen and oxygen atoms in total. The molecule has 0 bridgehead atoms. The molecule has 45 heavy (non-hydrogen) atoms. The standard InChI is InChI=1S/C35H48ClFN6O2/c1-8-25(4)12-11-13-29(10-3)41-43-33(44)40-32(42(34(43)45)24-35(7,18-20-36)19-21-37)39-30-16-17-31(38)28(23-30)15-14-27(6)22-26(5)9-2/h10-13,15-21,23,26-27,38,41H,8-9,14,22,24H2,1-7H3,(H,39,40,44)/b13-11-,20-18+,21-19+,25-12-,28-15-,29-10+,38-31?. The van der Waals surface area contributed by atoms with Gasteiger partial charge in [0.05, 0.1) is 17.7 Å². The van der Waals surface area contributed by atoms with Crippen molar-refractivity contribution in [2.24, 2.45) is 17.3 Å². The number of halogens is 2. The summed E-state index contributed by atoms with van der Waals surface area (Å²) in [6.45, 7) is 14.1. The van der Waals surface area contributed by atoms with Gasteiger partial charge >= 0.3 is 11.4 Å². The first-order chi connectivity index (χ1) is 21.4. The Balaban J connectivity index is 2.58. The van der Waals surface area contributed by atoms with Crippen LogP contribution in [-0.2, 0) is 6.54 Å². The summed E-state index contributed by atoms with van der Waals surface area (Å²) < 4.78 is 15.5. The SMILES string of the molecule is C\C=C(/C=C\C=C(\C)CC)Nn1c(=O)nc(NC2=C/C(=C/CC(C)CC(C)CC)C(=N)C=C2)n(CC(C)(/C=C/F)/C=C/Cl)c1=O. The van der Waals surface area contributed by atoms with Crippen molar-refractivity contribution < 1.29 is 4.39 Å². The molecule has 10 heteroatoms. The molecule has 3 unspecified atom stereocenters. The third kappa shape index (κ3) is 11.5. The van der Waals surface area contributed by atoms with Gasteiger partial charge in [0.25, 0.3) is 0 Å². The number of nitrogens with zero attached hydrogens (tertiary/aromatic N) is 3. The van der Waals surface area contributed by atoms with Gasteiger partial charge in [-0.25, -0.2) is 14.0 Å². The molecule has 0 spiro atoms. The monoisotopic (exact) mass is 638 g/mol. The van der Waals surface area contributed by atoms with Crippen LogP contribution in [-0.4, -0.2) is 19.9 Å². The molecule has 1 aromatic rings. The lowest BCUT2D eigenvalue weighted by atomic mass is 9.91. The maximum absolute atomic E-state index is 13.9. The van der Waals surface area contributed by atoms with Crippen molar-refractivity contribution in [3.8, 4) is 0 Å². The fourth-order valence-electron chi connectivity index (χ4n) is 4.59. The third-order valence-electron chi connectivity index (χ3n) is 7.77. The van der Waals surface area contributed by atoms with Gasteiger partial charge in [0, 0.05) is 23.2 Å². The number of anilines is 1. The van der Waals surface area contributed by atoms with Gasteiger partial charge in [-0.2, -0.15) is 4.98 Å². The summed E-state index contributed by atoms with van der Waals surface area (Å²) in [6, 6.07) is 0. The van der Waals surface area contributed by atoms with Gasteiger partial charge in [0.2, 0.25) is 5.95 Å². The van der Waals surface area contributed by atoms with Crippen molar-refractivity contribution in [3.05, 3.63) is 116 Å². The van der Waals surface area contributed by atoms with Gasteiger partial charge in [-0.05, 0) is 80.9 Å². The molecule has 1 aromatic heterocycles. The quantitative estimate of drug-likeness (QED) is 0.158. The molecule has 0 amide bonds. The zero-order chi connectivity index (χ0) is 33.6. The first-order valence-electron chi connectivity index (χ1n) is 15.4. The summed E-state index contributed by atoms with van der Waals surface area (Å²) in [6.07, 6.45) is 21.6. The summed E-state index contributed by atoms with van der Waals surface area (Å²) in [4.78, 5) is 31.3. The smallest absolute Gasteiger partial charge is 0.325 e. The maximum Gasteiger partial charge on any atom is 0.374 e. The predicted octanol–water partition coefficient (Wildman–Crippen LogP) is 8.28. The van der Waals surface area contributed by atoms with Gasteiger partial charge in [-0.1, -0.05) is 88.6 Å². The lowest BCUT2D eigenvalue weighted by Gasteiger charge is -2.25. The topological polar surface area (TPSA) is 105 Å². The van der Waals surface area contributed by atoms with Crippen LogP contribution in [0.3, 0.4) is 0 Å². The van der Waals surface area contributed by atoms with E-state index < -0.39 is 16.8 Å². The molecule has 3 atom stereocenters. The molecular weight excluding hydrogens is 591 g/mol. The minimum absolute atomic E-state index is 0.0302. The molecule has 1 heterocycles. The second kappa shape index (κ2) is 18.1. The highest BCUT2D eigenvalue weighted by atomic mass is 35.5. The highest BCUT2D eigenvalue weighted by Gasteiger charge is 2.24. The van der Waals surface area contributed by atoms with Crippen LogP contribution < -0.4 is 22.1 Å². The van der Waals surface area contributed by atoms with Gasteiger partial charge in [0.15, 0.2) is 0 Å². The Morgan fingerprint density at radius 2 is 1.93 bits per heavy atom. The summed E-state index contributed by atoms with van der Waals surface area (Å²) in [7, 11) is 0. The second-order valence-corrected chi connectivity index (χ2v) is 12.1. The molecule has 2 rings (SSSR count). The van der Waals surface area contributed by atoms with Crippen LogP contribution in [0.15, 0.2) is 105 Å². The van der Waals surface area contributed by atoms with E-state index in [2.05, 4.69) is 43.4 Å². The number of aromatic nitrogens is 3.